The maximum atomic E-state index is 6.21. The van der Waals surface area contributed by atoms with Gasteiger partial charge in [-0.1, -0.05) is 6.07 Å². The van der Waals surface area contributed by atoms with E-state index in [4.69, 9.17) is 9.31 Å². The number of piperidine rings is 1. The lowest BCUT2D eigenvalue weighted by molar-refractivity contribution is 0.00578. The van der Waals surface area contributed by atoms with Gasteiger partial charge in [-0.25, -0.2) is 0 Å². The van der Waals surface area contributed by atoms with Crippen molar-refractivity contribution < 1.29 is 9.31 Å². The SMILES string of the molecule is CC1(C)OB(C2CCN(Cc3cccnc3)CC2)OC1(C)C. The summed E-state index contributed by atoms with van der Waals surface area (Å²) in [6.45, 7) is 11.7. The van der Waals surface area contributed by atoms with Gasteiger partial charge in [0.05, 0.1) is 11.2 Å². The molecule has 0 atom stereocenters. The number of hydrogen-bond acceptors (Lipinski definition) is 4. The van der Waals surface area contributed by atoms with Crippen LogP contribution < -0.4 is 0 Å². The number of rotatable bonds is 3. The van der Waals surface area contributed by atoms with E-state index in [1.807, 2.05) is 18.5 Å². The molecule has 0 aromatic carbocycles. The van der Waals surface area contributed by atoms with Crippen LogP contribution in [0.3, 0.4) is 0 Å². The normalized spacial score (nSPS) is 25.5. The molecule has 3 rings (SSSR count). The average Bonchev–Trinajstić information content (AvgIpc) is 2.69. The molecule has 2 saturated heterocycles. The molecule has 0 unspecified atom stereocenters. The van der Waals surface area contributed by atoms with Gasteiger partial charge in [0.1, 0.15) is 0 Å². The molecule has 0 amide bonds. The summed E-state index contributed by atoms with van der Waals surface area (Å²) in [6, 6.07) is 4.15. The summed E-state index contributed by atoms with van der Waals surface area (Å²) < 4.78 is 12.4. The average molecular weight is 302 g/mol. The molecule has 0 radical (unpaired) electrons. The first-order chi connectivity index (χ1) is 10.4. The van der Waals surface area contributed by atoms with Crippen molar-refractivity contribution in [3.8, 4) is 0 Å². The summed E-state index contributed by atoms with van der Waals surface area (Å²) in [7, 11) is -0.0504. The van der Waals surface area contributed by atoms with Gasteiger partial charge in [0, 0.05) is 18.9 Å². The van der Waals surface area contributed by atoms with Crippen molar-refractivity contribution in [2.75, 3.05) is 13.1 Å². The van der Waals surface area contributed by atoms with Gasteiger partial charge in [-0.3, -0.25) is 9.88 Å². The molecular weight excluding hydrogens is 275 g/mol. The van der Waals surface area contributed by atoms with E-state index >= 15 is 0 Å². The molecule has 0 spiro atoms. The Kier molecular flexibility index (Phi) is 4.32. The predicted octanol–water partition coefficient (Wildman–Crippen LogP) is 3.14. The number of nitrogens with zero attached hydrogens (tertiary/aromatic N) is 2. The van der Waals surface area contributed by atoms with Crippen LogP contribution in [0.5, 0.6) is 0 Å². The highest BCUT2D eigenvalue weighted by Gasteiger charge is 2.53. The fourth-order valence-corrected chi connectivity index (χ4v) is 3.21. The van der Waals surface area contributed by atoms with E-state index in [-0.39, 0.29) is 18.3 Å². The monoisotopic (exact) mass is 302 g/mol. The van der Waals surface area contributed by atoms with Crippen molar-refractivity contribution in [3.63, 3.8) is 0 Å². The van der Waals surface area contributed by atoms with E-state index < -0.39 is 0 Å². The largest absolute Gasteiger partial charge is 0.461 e. The molecule has 3 heterocycles. The molecule has 0 saturated carbocycles. The third-order valence-electron chi connectivity index (χ3n) is 5.42. The molecule has 4 nitrogen and oxygen atoms in total. The summed E-state index contributed by atoms with van der Waals surface area (Å²) in [5, 5.41) is 0. The van der Waals surface area contributed by atoms with Crippen LogP contribution in [0.1, 0.15) is 46.1 Å². The van der Waals surface area contributed by atoms with Crippen LogP contribution in [0, 0.1) is 0 Å². The second-order valence-electron chi connectivity index (χ2n) is 7.60. The van der Waals surface area contributed by atoms with E-state index in [2.05, 4.69) is 43.6 Å². The topological polar surface area (TPSA) is 34.6 Å². The van der Waals surface area contributed by atoms with Gasteiger partial charge in [-0.15, -0.1) is 0 Å². The molecule has 2 fully saturated rings. The minimum atomic E-state index is -0.218. The minimum Gasteiger partial charge on any atom is -0.403 e. The zero-order valence-corrected chi connectivity index (χ0v) is 14.2. The molecule has 2 aliphatic rings. The van der Waals surface area contributed by atoms with Gasteiger partial charge in [0.2, 0.25) is 0 Å². The van der Waals surface area contributed by atoms with Gasteiger partial charge in [0.25, 0.3) is 0 Å². The zero-order chi connectivity index (χ0) is 15.8. The van der Waals surface area contributed by atoms with Crippen LogP contribution in [0.15, 0.2) is 24.5 Å². The Morgan fingerprint density at radius 1 is 1.18 bits per heavy atom. The van der Waals surface area contributed by atoms with Gasteiger partial charge < -0.3 is 9.31 Å². The van der Waals surface area contributed by atoms with Crippen molar-refractivity contribution in [1.82, 2.24) is 9.88 Å². The van der Waals surface area contributed by atoms with Gasteiger partial charge in [-0.2, -0.15) is 0 Å². The Labute approximate surface area is 134 Å². The second-order valence-corrected chi connectivity index (χ2v) is 7.60. The second kappa shape index (κ2) is 5.95. The van der Waals surface area contributed by atoms with Crippen LogP contribution in [-0.2, 0) is 15.9 Å². The minimum absolute atomic E-state index is 0.0504. The standard InChI is InChI=1S/C17H27BN2O2/c1-16(2)17(3,4)22-18(21-16)15-7-10-20(11-8-15)13-14-6-5-9-19-12-14/h5-6,9,12,15H,7-8,10-11,13H2,1-4H3. The Balaban J connectivity index is 1.52. The van der Waals surface area contributed by atoms with E-state index in [0.29, 0.717) is 5.82 Å². The summed E-state index contributed by atoms with van der Waals surface area (Å²) in [5.74, 6) is 0.506. The van der Waals surface area contributed by atoms with Crippen molar-refractivity contribution in [2.24, 2.45) is 0 Å². The van der Waals surface area contributed by atoms with Crippen molar-refractivity contribution in [3.05, 3.63) is 30.1 Å². The lowest BCUT2D eigenvalue weighted by Crippen LogP contribution is -2.41. The molecule has 0 aliphatic carbocycles. The first-order valence-electron chi connectivity index (χ1n) is 8.34. The molecular formula is C17H27BN2O2. The Morgan fingerprint density at radius 2 is 1.82 bits per heavy atom. The fourth-order valence-electron chi connectivity index (χ4n) is 3.21. The van der Waals surface area contributed by atoms with Gasteiger partial charge >= 0.3 is 7.12 Å². The third kappa shape index (κ3) is 3.22. The van der Waals surface area contributed by atoms with E-state index in [0.717, 1.165) is 32.5 Å². The van der Waals surface area contributed by atoms with Crippen LogP contribution in [0.25, 0.3) is 0 Å². The number of pyridine rings is 1. The quantitative estimate of drug-likeness (QED) is 0.803. The maximum Gasteiger partial charge on any atom is 0.461 e. The van der Waals surface area contributed by atoms with Crippen LogP contribution in [-0.4, -0.2) is 41.3 Å². The van der Waals surface area contributed by atoms with Crippen LogP contribution in [0.2, 0.25) is 5.82 Å². The highest BCUT2D eigenvalue weighted by molar-refractivity contribution is 6.47. The highest BCUT2D eigenvalue weighted by atomic mass is 16.7. The van der Waals surface area contributed by atoms with Crippen LogP contribution in [0.4, 0.5) is 0 Å². The number of aromatic nitrogens is 1. The molecule has 5 heteroatoms. The summed E-state index contributed by atoms with van der Waals surface area (Å²) in [6.07, 6.45) is 6.06. The maximum absolute atomic E-state index is 6.21. The third-order valence-corrected chi connectivity index (χ3v) is 5.42. The Bertz CT molecular complexity index is 483. The molecule has 120 valence electrons. The van der Waals surface area contributed by atoms with Crippen molar-refractivity contribution >= 4 is 7.12 Å². The summed E-state index contributed by atoms with van der Waals surface area (Å²) >= 11 is 0. The molecule has 1 aromatic heterocycles. The molecule has 1 aromatic rings. The Hall–Kier alpha value is -0.905. The molecule has 0 bridgehead atoms. The lowest BCUT2D eigenvalue weighted by atomic mass is 9.67. The van der Waals surface area contributed by atoms with Gasteiger partial charge in [-0.05, 0) is 71.1 Å². The van der Waals surface area contributed by atoms with E-state index in [1.54, 1.807) is 0 Å². The van der Waals surface area contributed by atoms with Gasteiger partial charge in [0.15, 0.2) is 0 Å². The fraction of sp³-hybridized carbons (Fsp3) is 0.706. The molecule has 22 heavy (non-hydrogen) atoms. The zero-order valence-electron chi connectivity index (χ0n) is 14.2. The number of hydrogen-bond donors (Lipinski definition) is 0. The summed E-state index contributed by atoms with van der Waals surface area (Å²) in [4.78, 5) is 6.69. The predicted molar refractivity (Wildman–Crippen MR) is 88.6 cm³/mol. The smallest absolute Gasteiger partial charge is 0.403 e. The number of likely N-dealkylation sites (tertiary alicyclic amines) is 1. The highest BCUT2D eigenvalue weighted by Crippen LogP contribution is 2.42. The van der Waals surface area contributed by atoms with E-state index in [1.165, 1.54) is 5.56 Å². The first-order valence-corrected chi connectivity index (χ1v) is 8.34. The molecule has 0 N–H and O–H groups in total. The van der Waals surface area contributed by atoms with Crippen molar-refractivity contribution in [1.29, 1.82) is 0 Å². The Morgan fingerprint density at radius 3 is 2.36 bits per heavy atom. The summed E-state index contributed by atoms with van der Waals surface area (Å²) in [5.41, 5.74) is 0.853. The molecule has 2 aliphatic heterocycles. The first kappa shape index (κ1) is 16.0. The van der Waals surface area contributed by atoms with Crippen molar-refractivity contribution in [2.45, 2.75) is 64.1 Å². The van der Waals surface area contributed by atoms with Crippen LogP contribution >= 0.6 is 0 Å². The van der Waals surface area contributed by atoms with E-state index in [9.17, 15) is 0 Å². The lowest BCUT2D eigenvalue weighted by Gasteiger charge is -2.32.